The molecule has 5 nitrogen and oxygen atoms in total. The molecule has 0 bridgehead atoms. The van der Waals surface area contributed by atoms with Gasteiger partial charge in [-0.15, -0.1) is 10.2 Å². The second-order valence-corrected chi connectivity index (χ2v) is 10.8. The van der Waals surface area contributed by atoms with E-state index in [-0.39, 0.29) is 11.0 Å². The summed E-state index contributed by atoms with van der Waals surface area (Å²) < 4.78 is 3.99. The van der Waals surface area contributed by atoms with E-state index in [1.165, 1.54) is 31.2 Å². The van der Waals surface area contributed by atoms with E-state index in [2.05, 4.69) is 45.8 Å². The van der Waals surface area contributed by atoms with Crippen LogP contribution in [0.3, 0.4) is 0 Å². The van der Waals surface area contributed by atoms with Gasteiger partial charge < -0.3 is 0 Å². The predicted molar refractivity (Wildman–Crippen MR) is 138 cm³/mol. The van der Waals surface area contributed by atoms with Crippen molar-refractivity contribution in [2.24, 2.45) is 0 Å². The fourth-order valence-electron chi connectivity index (χ4n) is 6.01. The first-order valence-electron chi connectivity index (χ1n) is 12.5. The number of unbranched alkanes of at least 4 members (excludes halogenated alkanes) is 2. The molecule has 6 rings (SSSR count). The Labute approximate surface area is 204 Å². The first-order chi connectivity index (χ1) is 16.7. The van der Waals surface area contributed by atoms with Crippen LogP contribution in [0, 0.1) is 0 Å². The van der Waals surface area contributed by atoms with Crippen molar-refractivity contribution >= 4 is 17.5 Å². The minimum absolute atomic E-state index is 0.0695. The summed E-state index contributed by atoms with van der Waals surface area (Å²) in [6.07, 6.45) is 8.96. The average Bonchev–Trinajstić information content (AvgIpc) is 3.50. The largest absolute Gasteiger partial charge is 0.268 e. The van der Waals surface area contributed by atoms with Gasteiger partial charge in [-0.3, -0.25) is 9.20 Å². The Hall–Kier alpha value is -2.86. The zero-order chi connectivity index (χ0) is 23.1. The molecule has 0 atom stereocenters. The molecule has 6 heteroatoms. The summed E-state index contributed by atoms with van der Waals surface area (Å²) in [6, 6.07) is 18.6. The second-order valence-electron chi connectivity index (χ2n) is 9.69. The molecule has 0 saturated heterocycles. The van der Waals surface area contributed by atoms with E-state index in [0.29, 0.717) is 5.78 Å². The van der Waals surface area contributed by atoms with Gasteiger partial charge in [0.25, 0.3) is 5.56 Å². The van der Waals surface area contributed by atoms with Crippen LogP contribution in [0.25, 0.3) is 22.7 Å². The summed E-state index contributed by atoms with van der Waals surface area (Å²) >= 11 is 1.76. The van der Waals surface area contributed by atoms with Gasteiger partial charge in [0.05, 0.1) is 11.4 Å². The predicted octanol–water partition coefficient (Wildman–Crippen LogP) is 6.20. The van der Waals surface area contributed by atoms with Crippen LogP contribution in [-0.4, -0.2) is 24.9 Å². The zero-order valence-corrected chi connectivity index (χ0v) is 20.5. The van der Waals surface area contributed by atoms with Gasteiger partial charge in [0.15, 0.2) is 5.16 Å². The van der Waals surface area contributed by atoms with E-state index in [9.17, 15) is 4.79 Å². The highest BCUT2D eigenvalue weighted by Gasteiger charge is 2.45. The second kappa shape index (κ2) is 8.73. The van der Waals surface area contributed by atoms with Crippen LogP contribution in [0.4, 0.5) is 0 Å². The molecule has 0 radical (unpaired) electrons. The molecular formula is C28H30N4OS. The molecule has 2 aliphatic carbocycles. The molecule has 174 valence electrons. The molecule has 2 heterocycles. The number of nitrogens with zero attached hydrogens (tertiary/aromatic N) is 4. The molecule has 1 saturated carbocycles. The van der Waals surface area contributed by atoms with E-state index < -0.39 is 0 Å². The van der Waals surface area contributed by atoms with Crippen LogP contribution in [0.1, 0.15) is 63.0 Å². The quantitative estimate of drug-likeness (QED) is 0.249. The monoisotopic (exact) mass is 470 g/mol. The molecule has 0 unspecified atom stereocenters. The number of hydrogen-bond donors (Lipinski definition) is 0. The molecule has 2 aromatic heterocycles. The summed E-state index contributed by atoms with van der Waals surface area (Å²) in [7, 11) is 0. The van der Waals surface area contributed by atoms with Gasteiger partial charge in [0.1, 0.15) is 0 Å². The standard InChI is InChI=1S/C28H30N4OS/c1-2-3-11-18-34-27-30-29-26-31(21-13-5-4-6-14-21)25(33)23-24(32(26)27)22-15-8-7-12-20(22)19-28(23)16-9-10-17-28/h4-8,12-15H,2-3,9-11,16-19H2,1H3. The zero-order valence-electron chi connectivity index (χ0n) is 19.7. The van der Waals surface area contributed by atoms with E-state index >= 15 is 0 Å². The van der Waals surface area contributed by atoms with Crippen LogP contribution in [-0.2, 0) is 11.8 Å². The Kier molecular flexibility index (Phi) is 5.56. The molecule has 1 spiro atoms. The lowest BCUT2D eigenvalue weighted by molar-refractivity contribution is 0.424. The van der Waals surface area contributed by atoms with Gasteiger partial charge in [-0.2, -0.15) is 0 Å². The minimum atomic E-state index is -0.111. The Bertz CT molecular complexity index is 1400. The van der Waals surface area contributed by atoms with Crippen molar-refractivity contribution in [2.75, 3.05) is 5.75 Å². The molecular weight excluding hydrogens is 440 g/mol. The van der Waals surface area contributed by atoms with Crippen molar-refractivity contribution in [3.8, 4) is 16.9 Å². The third kappa shape index (κ3) is 3.34. The number of fused-ring (bicyclic) bond motifs is 6. The summed E-state index contributed by atoms with van der Waals surface area (Å²) in [5.74, 6) is 1.61. The summed E-state index contributed by atoms with van der Waals surface area (Å²) in [6.45, 7) is 2.23. The van der Waals surface area contributed by atoms with E-state index in [1.54, 1.807) is 16.3 Å². The maximum atomic E-state index is 14.4. The SMILES string of the molecule is CCCCCSc1nnc2n(-c3ccccc3)c(=O)c3c(n12)-c1ccccc1CC31CCCC1. The number of para-hydroxylation sites is 1. The van der Waals surface area contributed by atoms with Crippen molar-refractivity contribution in [1.82, 2.24) is 19.2 Å². The van der Waals surface area contributed by atoms with Gasteiger partial charge in [0, 0.05) is 22.3 Å². The molecule has 4 aromatic rings. The Balaban J connectivity index is 1.69. The van der Waals surface area contributed by atoms with Crippen molar-refractivity contribution in [3.05, 3.63) is 76.1 Å². The lowest BCUT2D eigenvalue weighted by atomic mass is 9.68. The van der Waals surface area contributed by atoms with E-state index in [0.717, 1.165) is 59.1 Å². The Morgan fingerprint density at radius 1 is 0.971 bits per heavy atom. The molecule has 2 aromatic carbocycles. The van der Waals surface area contributed by atoms with Crippen molar-refractivity contribution in [1.29, 1.82) is 0 Å². The van der Waals surface area contributed by atoms with Gasteiger partial charge >= 0.3 is 0 Å². The average molecular weight is 471 g/mol. The van der Waals surface area contributed by atoms with Crippen molar-refractivity contribution < 1.29 is 0 Å². The maximum absolute atomic E-state index is 14.4. The van der Waals surface area contributed by atoms with Crippen molar-refractivity contribution in [3.63, 3.8) is 0 Å². The number of benzene rings is 2. The minimum Gasteiger partial charge on any atom is -0.268 e. The van der Waals surface area contributed by atoms with Crippen molar-refractivity contribution in [2.45, 2.75) is 68.9 Å². The first-order valence-corrected chi connectivity index (χ1v) is 13.5. The first kappa shape index (κ1) is 21.7. The molecule has 1 fully saturated rings. The highest BCUT2D eigenvalue weighted by atomic mass is 32.2. The van der Waals surface area contributed by atoms with Crippen LogP contribution in [0.15, 0.2) is 64.5 Å². The van der Waals surface area contributed by atoms with Crippen LogP contribution in [0.2, 0.25) is 0 Å². The fourth-order valence-corrected chi connectivity index (χ4v) is 6.94. The van der Waals surface area contributed by atoms with Crippen LogP contribution in [0.5, 0.6) is 0 Å². The highest BCUT2D eigenvalue weighted by Crippen LogP contribution is 2.50. The Morgan fingerprint density at radius 3 is 2.53 bits per heavy atom. The van der Waals surface area contributed by atoms with Gasteiger partial charge in [-0.25, -0.2) is 4.57 Å². The Morgan fingerprint density at radius 2 is 1.74 bits per heavy atom. The molecule has 0 amide bonds. The lowest BCUT2D eigenvalue weighted by Crippen LogP contribution is -2.40. The summed E-state index contributed by atoms with van der Waals surface area (Å²) in [4.78, 5) is 14.4. The van der Waals surface area contributed by atoms with Gasteiger partial charge in [-0.1, -0.05) is 86.8 Å². The third-order valence-electron chi connectivity index (χ3n) is 7.58. The van der Waals surface area contributed by atoms with Gasteiger partial charge in [0.2, 0.25) is 5.78 Å². The highest BCUT2D eigenvalue weighted by molar-refractivity contribution is 7.99. The topological polar surface area (TPSA) is 52.2 Å². The molecule has 34 heavy (non-hydrogen) atoms. The number of thioether (sulfide) groups is 1. The fraction of sp³-hybridized carbons (Fsp3) is 0.393. The van der Waals surface area contributed by atoms with Crippen LogP contribution < -0.4 is 5.56 Å². The molecule has 0 aliphatic heterocycles. The number of hydrogen-bond acceptors (Lipinski definition) is 4. The molecule has 2 aliphatic rings. The van der Waals surface area contributed by atoms with Crippen LogP contribution >= 0.6 is 11.8 Å². The maximum Gasteiger partial charge on any atom is 0.263 e. The third-order valence-corrected chi connectivity index (χ3v) is 8.59. The summed E-state index contributed by atoms with van der Waals surface area (Å²) in [5, 5.41) is 10.1. The normalized spacial score (nSPS) is 16.1. The number of rotatable bonds is 6. The van der Waals surface area contributed by atoms with E-state index in [1.807, 2.05) is 30.3 Å². The van der Waals surface area contributed by atoms with Gasteiger partial charge in [-0.05, 0) is 43.4 Å². The smallest absolute Gasteiger partial charge is 0.263 e. The van der Waals surface area contributed by atoms with E-state index in [4.69, 9.17) is 0 Å². The lowest BCUT2D eigenvalue weighted by Gasteiger charge is -2.37. The molecule has 0 N–H and O–H groups in total. The number of aromatic nitrogens is 4. The summed E-state index contributed by atoms with van der Waals surface area (Å²) in [5.41, 5.74) is 5.30.